The SMILES string of the molecule is C=CCN(CC(=O)N(CCOC)Cc1cccn1C)C(=O)Nc1c(C)cccc1C. The first-order chi connectivity index (χ1) is 14.4. The number of anilines is 1. The number of amides is 3. The predicted octanol–water partition coefficient (Wildman–Crippen LogP) is 3.34. The Kier molecular flexibility index (Phi) is 8.68. The highest BCUT2D eigenvalue weighted by Gasteiger charge is 2.22. The average Bonchev–Trinajstić information content (AvgIpc) is 3.12. The van der Waals surface area contributed by atoms with Crippen LogP contribution in [0.4, 0.5) is 10.5 Å². The number of aromatic nitrogens is 1. The summed E-state index contributed by atoms with van der Waals surface area (Å²) in [6.07, 6.45) is 3.56. The first-order valence-electron chi connectivity index (χ1n) is 9.97. The normalized spacial score (nSPS) is 10.5. The zero-order chi connectivity index (χ0) is 22.1. The van der Waals surface area contributed by atoms with E-state index < -0.39 is 0 Å². The summed E-state index contributed by atoms with van der Waals surface area (Å²) < 4.78 is 7.14. The van der Waals surface area contributed by atoms with Gasteiger partial charge in [-0.25, -0.2) is 4.79 Å². The molecular weight excluding hydrogens is 380 g/mol. The maximum absolute atomic E-state index is 13.1. The van der Waals surface area contributed by atoms with Crippen molar-refractivity contribution in [3.8, 4) is 0 Å². The van der Waals surface area contributed by atoms with Gasteiger partial charge in [0.05, 0.1) is 13.2 Å². The molecule has 0 spiro atoms. The van der Waals surface area contributed by atoms with Crippen LogP contribution in [0.3, 0.4) is 0 Å². The maximum Gasteiger partial charge on any atom is 0.322 e. The largest absolute Gasteiger partial charge is 0.383 e. The summed E-state index contributed by atoms with van der Waals surface area (Å²) >= 11 is 0. The summed E-state index contributed by atoms with van der Waals surface area (Å²) in [4.78, 5) is 29.2. The van der Waals surface area contributed by atoms with Gasteiger partial charge in [-0.2, -0.15) is 0 Å². The zero-order valence-corrected chi connectivity index (χ0v) is 18.4. The molecule has 3 amide bonds. The van der Waals surface area contributed by atoms with Crippen molar-refractivity contribution in [2.45, 2.75) is 20.4 Å². The lowest BCUT2D eigenvalue weighted by Gasteiger charge is -2.27. The fourth-order valence-corrected chi connectivity index (χ4v) is 3.19. The summed E-state index contributed by atoms with van der Waals surface area (Å²) in [6.45, 7) is 9.16. The molecule has 0 aliphatic carbocycles. The van der Waals surface area contributed by atoms with E-state index in [1.54, 1.807) is 18.1 Å². The number of carbonyl (C=O) groups excluding carboxylic acids is 2. The molecule has 2 rings (SSSR count). The van der Waals surface area contributed by atoms with Crippen LogP contribution in [0.15, 0.2) is 49.2 Å². The van der Waals surface area contributed by atoms with Crippen LogP contribution in [0.25, 0.3) is 0 Å². The number of ether oxygens (including phenoxy) is 1. The Bertz CT molecular complexity index is 855. The van der Waals surface area contributed by atoms with Crippen molar-refractivity contribution in [1.29, 1.82) is 0 Å². The highest BCUT2D eigenvalue weighted by molar-refractivity contribution is 5.93. The maximum atomic E-state index is 13.1. The van der Waals surface area contributed by atoms with Crippen LogP contribution < -0.4 is 5.32 Å². The second-order valence-electron chi connectivity index (χ2n) is 7.28. The molecule has 0 atom stereocenters. The van der Waals surface area contributed by atoms with Gasteiger partial charge in [0.25, 0.3) is 0 Å². The molecule has 0 fully saturated rings. The van der Waals surface area contributed by atoms with Crippen LogP contribution in [-0.4, -0.2) is 59.7 Å². The van der Waals surface area contributed by atoms with E-state index >= 15 is 0 Å². The molecule has 0 saturated carbocycles. The standard InChI is InChI=1S/C23H32N4O3/c1-6-12-27(23(29)24-22-18(2)9-7-10-19(22)3)17-21(28)26(14-15-30-5)16-20-11-8-13-25(20)4/h6-11,13H,1,12,14-17H2,2-5H3,(H,24,29). The Morgan fingerprint density at radius 3 is 2.43 bits per heavy atom. The molecule has 162 valence electrons. The number of carbonyl (C=O) groups is 2. The van der Waals surface area contributed by atoms with Crippen molar-refractivity contribution in [2.24, 2.45) is 7.05 Å². The van der Waals surface area contributed by atoms with E-state index in [2.05, 4.69) is 11.9 Å². The van der Waals surface area contributed by atoms with Gasteiger partial charge in [0, 0.05) is 44.8 Å². The third-order valence-corrected chi connectivity index (χ3v) is 5.00. The lowest BCUT2D eigenvalue weighted by atomic mass is 10.1. The summed E-state index contributed by atoms with van der Waals surface area (Å²) in [7, 11) is 3.55. The summed E-state index contributed by atoms with van der Waals surface area (Å²) in [5.74, 6) is -0.147. The van der Waals surface area contributed by atoms with Crippen LogP contribution in [0, 0.1) is 13.8 Å². The number of aryl methyl sites for hydroxylation is 3. The lowest BCUT2D eigenvalue weighted by Crippen LogP contribution is -2.45. The molecule has 1 heterocycles. The Morgan fingerprint density at radius 1 is 1.17 bits per heavy atom. The second-order valence-corrected chi connectivity index (χ2v) is 7.28. The van der Waals surface area contributed by atoms with Gasteiger partial charge >= 0.3 is 6.03 Å². The van der Waals surface area contributed by atoms with Gasteiger partial charge in [-0.15, -0.1) is 6.58 Å². The Hall–Kier alpha value is -3.06. The highest BCUT2D eigenvalue weighted by atomic mass is 16.5. The van der Waals surface area contributed by atoms with E-state index in [1.165, 1.54) is 4.90 Å². The molecule has 7 nitrogen and oxygen atoms in total. The minimum Gasteiger partial charge on any atom is -0.383 e. The van der Waals surface area contributed by atoms with Gasteiger partial charge in [-0.3, -0.25) is 4.79 Å². The Morgan fingerprint density at radius 2 is 1.87 bits per heavy atom. The molecule has 7 heteroatoms. The number of rotatable bonds is 10. The molecule has 0 aliphatic rings. The topological polar surface area (TPSA) is 66.8 Å². The fourth-order valence-electron chi connectivity index (χ4n) is 3.19. The number of nitrogens with one attached hydrogen (secondary N) is 1. The van der Waals surface area contributed by atoms with Crippen LogP contribution in [0.5, 0.6) is 0 Å². The molecule has 0 aliphatic heterocycles. The molecule has 0 radical (unpaired) electrons. The molecule has 0 saturated heterocycles. The van der Waals surface area contributed by atoms with Crippen LogP contribution in [0.2, 0.25) is 0 Å². The summed E-state index contributed by atoms with van der Waals surface area (Å²) in [6, 6.07) is 9.42. The van der Waals surface area contributed by atoms with E-state index in [0.717, 1.165) is 22.5 Å². The molecular formula is C23H32N4O3. The smallest absolute Gasteiger partial charge is 0.322 e. The number of para-hydroxylation sites is 1. The number of benzene rings is 1. The molecule has 1 N–H and O–H groups in total. The quantitative estimate of drug-likeness (QED) is 0.609. The van der Waals surface area contributed by atoms with E-state index in [9.17, 15) is 9.59 Å². The average molecular weight is 413 g/mol. The second kappa shape index (κ2) is 11.2. The van der Waals surface area contributed by atoms with Crippen LogP contribution >= 0.6 is 0 Å². The van der Waals surface area contributed by atoms with Crippen molar-refractivity contribution in [1.82, 2.24) is 14.4 Å². The van der Waals surface area contributed by atoms with E-state index in [4.69, 9.17) is 4.74 Å². The van der Waals surface area contributed by atoms with E-state index in [1.807, 2.05) is 62.0 Å². The van der Waals surface area contributed by atoms with Crippen molar-refractivity contribution in [3.63, 3.8) is 0 Å². The number of hydrogen-bond acceptors (Lipinski definition) is 3. The number of hydrogen-bond donors (Lipinski definition) is 1. The number of methoxy groups -OCH3 is 1. The summed E-state index contributed by atoms with van der Waals surface area (Å²) in [5.41, 5.74) is 3.72. The third kappa shape index (κ3) is 6.22. The Labute approximate surface area is 178 Å². The number of nitrogens with zero attached hydrogens (tertiary/aromatic N) is 3. The molecule has 30 heavy (non-hydrogen) atoms. The van der Waals surface area contributed by atoms with Crippen LogP contribution in [0.1, 0.15) is 16.8 Å². The molecule has 1 aromatic carbocycles. The Balaban J connectivity index is 2.13. The predicted molar refractivity (Wildman–Crippen MR) is 119 cm³/mol. The van der Waals surface area contributed by atoms with Gasteiger partial charge in [0.15, 0.2) is 0 Å². The zero-order valence-electron chi connectivity index (χ0n) is 18.4. The van der Waals surface area contributed by atoms with Gasteiger partial charge < -0.3 is 24.4 Å². The molecule has 0 unspecified atom stereocenters. The minimum absolute atomic E-state index is 0.0447. The fraction of sp³-hybridized carbons (Fsp3) is 0.391. The number of urea groups is 1. The highest BCUT2D eigenvalue weighted by Crippen LogP contribution is 2.20. The van der Waals surface area contributed by atoms with E-state index in [-0.39, 0.29) is 25.0 Å². The first-order valence-corrected chi connectivity index (χ1v) is 9.97. The molecule has 2 aromatic rings. The van der Waals surface area contributed by atoms with Gasteiger partial charge in [-0.1, -0.05) is 24.3 Å². The van der Waals surface area contributed by atoms with Crippen molar-refractivity contribution in [2.75, 3.05) is 38.7 Å². The van der Waals surface area contributed by atoms with Gasteiger partial charge in [-0.05, 0) is 37.1 Å². The lowest BCUT2D eigenvalue weighted by molar-refractivity contribution is -0.133. The van der Waals surface area contributed by atoms with Gasteiger partial charge in [0.2, 0.25) is 5.91 Å². The van der Waals surface area contributed by atoms with Crippen LogP contribution in [-0.2, 0) is 23.1 Å². The third-order valence-electron chi connectivity index (χ3n) is 5.00. The van der Waals surface area contributed by atoms with Crippen molar-refractivity contribution in [3.05, 3.63) is 66.0 Å². The van der Waals surface area contributed by atoms with Gasteiger partial charge in [0.1, 0.15) is 6.54 Å². The van der Waals surface area contributed by atoms with E-state index in [0.29, 0.717) is 19.7 Å². The van der Waals surface area contributed by atoms with Crippen molar-refractivity contribution >= 4 is 17.6 Å². The molecule has 1 aromatic heterocycles. The first kappa shape index (κ1) is 23.2. The minimum atomic E-state index is -0.328. The van der Waals surface area contributed by atoms with Crippen molar-refractivity contribution < 1.29 is 14.3 Å². The summed E-state index contributed by atoms with van der Waals surface area (Å²) in [5, 5.41) is 2.95. The molecule has 0 bridgehead atoms. The monoisotopic (exact) mass is 412 g/mol.